The second-order valence-corrected chi connectivity index (χ2v) is 4.94. The molecule has 1 heterocycles. The van der Waals surface area contributed by atoms with Crippen LogP contribution in [0.4, 0.5) is 4.39 Å². The summed E-state index contributed by atoms with van der Waals surface area (Å²) in [5.74, 6) is -0.331. The van der Waals surface area contributed by atoms with Crippen molar-refractivity contribution < 1.29 is 4.39 Å². The summed E-state index contributed by atoms with van der Waals surface area (Å²) < 4.78 is 15.4. The van der Waals surface area contributed by atoms with Gasteiger partial charge in [-0.25, -0.2) is 9.07 Å². The van der Waals surface area contributed by atoms with E-state index in [1.54, 1.807) is 18.3 Å². The molecule has 18 heavy (non-hydrogen) atoms. The average molecular weight is 313 g/mol. The van der Waals surface area contributed by atoms with Gasteiger partial charge in [0.1, 0.15) is 5.82 Å². The van der Waals surface area contributed by atoms with E-state index in [-0.39, 0.29) is 11.9 Å². The maximum atomic E-state index is 13.4. The fourth-order valence-corrected chi connectivity index (χ4v) is 1.91. The maximum Gasteiger partial charge on any atom is 0.139 e. The van der Waals surface area contributed by atoms with Crippen LogP contribution in [0.3, 0.4) is 0 Å². The molecule has 6 heteroatoms. The summed E-state index contributed by atoms with van der Waals surface area (Å²) >= 11 is 3.11. The van der Waals surface area contributed by atoms with E-state index in [1.165, 1.54) is 10.7 Å². The van der Waals surface area contributed by atoms with Gasteiger partial charge in [-0.15, -0.1) is 5.10 Å². The van der Waals surface area contributed by atoms with Gasteiger partial charge in [0, 0.05) is 6.07 Å². The molecule has 2 rings (SSSR count). The van der Waals surface area contributed by atoms with E-state index < -0.39 is 0 Å². The van der Waals surface area contributed by atoms with E-state index in [1.807, 2.05) is 0 Å². The van der Waals surface area contributed by atoms with Crippen LogP contribution in [-0.4, -0.2) is 15.0 Å². The highest BCUT2D eigenvalue weighted by atomic mass is 79.9. The Kier molecular flexibility index (Phi) is 4.08. The number of nitrogens with zero attached hydrogens (tertiary/aromatic N) is 3. The van der Waals surface area contributed by atoms with Crippen LogP contribution in [0, 0.1) is 5.82 Å². The predicted molar refractivity (Wildman–Crippen MR) is 70.9 cm³/mol. The Hall–Kier alpha value is -1.27. The van der Waals surface area contributed by atoms with E-state index in [2.05, 4.69) is 33.2 Å². The zero-order chi connectivity index (χ0) is 13.1. The zero-order valence-electron chi connectivity index (χ0n) is 9.98. The van der Waals surface area contributed by atoms with Gasteiger partial charge in [-0.3, -0.25) is 0 Å². The van der Waals surface area contributed by atoms with Crippen molar-refractivity contribution in [3.05, 3.63) is 40.4 Å². The van der Waals surface area contributed by atoms with Gasteiger partial charge in [-0.2, -0.15) is 0 Å². The van der Waals surface area contributed by atoms with E-state index in [0.717, 1.165) is 18.5 Å². The minimum Gasteiger partial charge on any atom is -0.323 e. The van der Waals surface area contributed by atoms with Crippen molar-refractivity contribution in [1.82, 2.24) is 15.0 Å². The summed E-state index contributed by atoms with van der Waals surface area (Å²) in [5, 5.41) is 7.98. The lowest BCUT2D eigenvalue weighted by molar-refractivity contribution is 0.617. The minimum absolute atomic E-state index is 0.121. The Labute approximate surface area is 113 Å². The Morgan fingerprint density at radius 3 is 2.94 bits per heavy atom. The number of rotatable bonds is 4. The van der Waals surface area contributed by atoms with Crippen LogP contribution in [-0.2, 0) is 0 Å². The van der Waals surface area contributed by atoms with Crippen LogP contribution < -0.4 is 5.73 Å². The van der Waals surface area contributed by atoms with Gasteiger partial charge in [-0.1, -0.05) is 18.6 Å². The molecule has 0 saturated carbocycles. The van der Waals surface area contributed by atoms with Gasteiger partial charge in [0.2, 0.25) is 0 Å². The first-order chi connectivity index (χ1) is 8.61. The molecule has 96 valence electrons. The van der Waals surface area contributed by atoms with Gasteiger partial charge in [-0.05, 0) is 34.5 Å². The summed E-state index contributed by atoms with van der Waals surface area (Å²) in [4.78, 5) is 0. The number of halogens is 2. The average Bonchev–Trinajstić information content (AvgIpc) is 2.82. The molecular weight excluding hydrogens is 299 g/mol. The third-order valence-electron chi connectivity index (χ3n) is 2.66. The molecule has 2 N–H and O–H groups in total. The topological polar surface area (TPSA) is 56.7 Å². The molecule has 0 fully saturated rings. The highest BCUT2D eigenvalue weighted by Crippen LogP contribution is 2.19. The summed E-state index contributed by atoms with van der Waals surface area (Å²) in [6.45, 7) is 2.06. The smallest absolute Gasteiger partial charge is 0.139 e. The fraction of sp³-hybridized carbons (Fsp3) is 0.333. The number of hydrogen-bond acceptors (Lipinski definition) is 3. The van der Waals surface area contributed by atoms with Crippen molar-refractivity contribution in [1.29, 1.82) is 0 Å². The van der Waals surface area contributed by atoms with Gasteiger partial charge in [0.15, 0.2) is 0 Å². The zero-order valence-corrected chi connectivity index (χ0v) is 11.6. The van der Waals surface area contributed by atoms with Crippen molar-refractivity contribution in [3.63, 3.8) is 0 Å². The lowest BCUT2D eigenvalue weighted by Gasteiger charge is -2.04. The van der Waals surface area contributed by atoms with Gasteiger partial charge in [0.25, 0.3) is 0 Å². The second-order valence-electron chi connectivity index (χ2n) is 4.08. The molecule has 1 unspecified atom stereocenters. The van der Waals surface area contributed by atoms with Crippen LogP contribution in [0.15, 0.2) is 28.9 Å². The molecule has 0 radical (unpaired) electrons. The van der Waals surface area contributed by atoms with Gasteiger partial charge in [0.05, 0.1) is 28.1 Å². The minimum atomic E-state index is -0.331. The molecule has 0 saturated heterocycles. The summed E-state index contributed by atoms with van der Waals surface area (Å²) in [6, 6.07) is 4.67. The Bertz CT molecular complexity index is 541. The van der Waals surface area contributed by atoms with Crippen LogP contribution in [0.2, 0.25) is 0 Å². The molecule has 1 atom stereocenters. The highest BCUT2D eigenvalue weighted by Gasteiger charge is 2.11. The van der Waals surface area contributed by atoms with E-state index in [9.17, 15) is 4.39 Å². The summed E-state index contributed by atoms with van der Waals surface area (Å²) in [6.07, 6.45) is 3.58. The van der Waals surface area contributed by atoms with Crippen LogP contribution in [0.1, 0.15) is 31.5 Å². The lowest BCUT2D eigenvalue weighted by atomic mass is 10.1. The summed E-state index contributed by atoms with van der Waals surface area (Å²) in [7, 11) is 0. The number of benzene rings is 1. The van der Waals surface area contributed by atoms with Gasteiger partial charge >= 0.3 is 0 Å². The van der Waals surface area contributed by atoms with Crippen molar-refractivity contribution in [2.45, 2.75) is 25.8 Å². The molecule has 0 spiro atoms. The first-order valence-electron chi connectivity index (χ1n) is 5.75. The van der Waals surface area contributed by atoms with Crippen molar-refractivity contribution in [2.75, 3.05) is 0 Å². The molecule has 0 bridgehead atoms. The quantitative estimate of drug-likeness (QED) is 0.944. The molecular formula is C12H14BrFN4. The molecule has 1 aromatic heterocycles. The van der Waals surface area contributed by atoms with Crippen LogP contribution in [0.5, 0.6) is 0 Å². The maximum absolute atomic E-state index is 13.4. The molecule has 4 nitrogen and oxygen atoms in total. The molecule has 0 aliphatic carbocycles. The predicted octanol–water partition coefficient (Wildman–Crippen LogP) is 2.97. The third kappa shape index (κ3) is 2.76. The Morgan fingerprint density at radius 1 is 1.50 bits per heavy atom. The lowest BCUT2D eigenvalue weighted by Crippen LogP contribution is -2.10. The van der Waals surface area contributed by atoms with Crippen LogP contribution >= 0.6 is 15.9 Å². The first kappa shape index (κ1) is 13.2. The van der Waals surface area contributed by atoms with Gasteiger partial charge < -0.3 is 5.73 Å². The SMILES string of the molecule is CCCC(N)c1cn(-c2ccc(Br)c(F)c2)nn1. The monoisotopic (exact) mass is 312 g/mol. The van der Waals surface area contributed by atoms with Crippen LogP contribution in [0.25, 0.3) is 5.69 Å². The highest BCUT2D eigenvalue weighted by molar-refractivity contribution is 9.10. The number of nitrogens with two attached hydrogens (primary N) is 1. The number of aromatic nitrogens is 3. The summed E-state index contributed by atoms with van der Waals surface area (Å²) in [5.41, 5.74) is 7.30. The fourth-order valence-electron chi connectivity index (χ4n) is 1.66. The molecule has 0 aliphatic heterocycles. The molecule has 0 aliphatic rings. The largest absolute Gasteiger partial charge is 0.323 e. The Balaban J connectivity index is 2.26. The molecule has 0 amide bonds. The standard InChI is InChI=1S/C12H14BrFN4/c1-2-3-11(15)12-7-18(17-16-12)8-4-5-9(13)10(14)6-8/h4-7,11H,2-3,15H2,1H3. The van der Waals surface area contributed by atoms with E-state index in [0.29, 0.717) is 10.2 Å². The third-order valence-corrected chi connectivity index (χ3v) is 3.30. The number of hydrogen-bond donors (Lipinski definition) is 1. The normalized spacial score (nSPS) is 12.7. The van der Waals surface area contributed by atoms with Crippen molar-refractivity contribution in [3.8, 4) is 5.69 Å². The molecule has 1 aromatic carbocycles. The van der Waals surface area contributed by atoms with Crippen molar-refractivity contribution in [2.24, 2.45) is 5.73 Å². The van der Waals surface area contributed by atoms with E-state index >= 15 is 0 Å². The molecule has 2 aromatic rings. The second kappa shape index (κ2) is 5.58. The first-order valence-corrected chi connectivity index (χ1v) is 6.54. The van der Waals surface area contributed by atoms with Crippen molar-refractivity contribution >= 4 is 15.9 Å². The Morgan fingerprint density at radius 2 is 2.28 bits per heavy atom. The van der Waals surface area contributed by atoms with E-state index in [4.69, 9.17) is 5.73 Å².